The molecule has 0 spiro atoms. The fourth-order valence-corrected chi connectivity index (χ4v) is 2.72. The molecule has 0 saturated carbocycles. The summed E-state index contributed by atoms with van der Waals surface area (Å²) in [5.74, 6) is 0. The molecule has 0 aliphatic carbocycles. The number of benzene rings is 1. The Morgan fingerprint density at radius 1 is 1.19 bits per heavy atom. The molecule has 0 unspecified atom stereocenters. The Balaban J connectivity index is 1.64. The standard InChI is InChI=1S/C17H18N2O2/c20-17(21-13-14-5-2-1-3-6-14)19-12-4-7-16(19)15-8-10-18-11-9-15/h1-3,5-6,8-11,16H,4,7,12-13H2/t16-/m1/s1. The lowest BCUT2D eigenvalue weighted by atomic mass is 10.1. The number of carbonyl (C=O) groups is 1. The highest BCUT2D eigenvalue weighted by Crippen LogP contribution is 2.32. The van der Waals surface area contributed by atoms with Crippen molar-refractivity contribution in [3.63, 3.8) is 0 Å². The maximum atomic E-state index is 12.3. The molecule has 4 nitrogen and oxygen atoms in total. The third-order valence-electron chi connectivity index (χ3n) is 3.78. The van der Waals surface area contributed by atoms with Crippen molar-refractivity contribution in [3.05, 3.63) is 66.0 Å². The van der Waals surface area contributed by atoms with Gasteiger partial charge in [-0.15, -0.1) is 0 Å². The van der Waals surface area contributed by atoms with Crippen LogP contribution >= 0.6 is 0 Å². The molecule has 1 fully saturated rings. The highest BCUT2D eigenvalue weighted by Gasteiger charge is 2.30. The molecule has 2 heterocycles. The first-order valence-corrected chi connectivity index (χ1v) is 7.22. The van der Waals surface area contributed by atoms with Gasteiger partial charge >= 0.3 is 6.09 Å². The van der Waals surface area contributed by atoms with Crippen LogP contribution in [0.5, 0.6) is 0 Å². The molecule has 0 N–H and O–H groups in total. The molecule has 21 heavy (non-hydrogen) atoms. The van der Waals surface area contributed by atoms with E-state index in [0.29, 0.717) is 6.61 Å². The first kappa shape index (κ1) is 13.6. The lowest BCUT2D eigenvalue weighted by Crippen LogP contribution is -2.31. The van der Waals surface area contributed by atoms with E-state index >= 15 is 0 Å². The van der Waals surface area contributed by atoms with E-state index in [0.717, 1.165) is 30.5 Å². The van der Waals surface area contributed by atoms with Gasteiger partial charge in [-0.3, -0.25) is 4.98 Å². The second kappa shape index (κ2) is 6.39. The van der Waals surface area contributed by atoms with Crippen molar-refractivity contribution >= 4 is 6.09 Å². The molecule has 1 saturated heterocycles. The van der Waals surface area contributed by atoms with E-state index in [1.54, 1.807) is 12.4 Å². The number of hydrogen-bond donors (Lipinski definition) is 0. The Bertz CT molecular complexity index is 586. The van der Waals surface area contributed by atoms with Crippen LogP contribution < -0.4 is 0 Å². The van der Waals surface area contributed by atoms with Crippen molar-refractivity contribution in [1.29, 1.82) is 0 Å². The molecule has 2 aromatic rings. The normalized spacial score (nSPS) is 17.7. The lowest BCUT2D eigenvalue weighted by Gasteiger charge is -2.24. The van der Waals surface area contributed by atoms with Crippen molar-refractivity contribution < 1.29 is 9.53 Å². The fourth-order valence-electron chi connectivity index (χ4n) is 2.72. The zero-order valence-corrected chi connectivity index (χ0v) is 11.8. The zero-order valence-electron chi connectivity index (χ0n) is 11.8. The molecule has 1 amide bonds. The summed E-state index contributed by atoms with van der Waals surface area (Å²) in [7, 11) is 0. The van der Waals surface area contributed by atoms with Crippen LogP contribution in [-0.2, 0) is 11.3 Å². The third kappa shape index (κ3) is 3.21. The molecule has 0 radical (unpaired) electrons. The minimum Gasteiger partial charge on any atom is -0.445 e. The summed E-state index contributed by atoms with van der Waals surface area (Å²) in [6, 6.07) is 13.8. The van der Waals surface area contributed by atoms with Crippen LogP contribution in [-0.4, -0.2) is 22.5 Å². The van der Waals surface area contributed by atoms with E-state index in [4.69, 9.17) is 4.74 Å². The summed E-state index contributed by atoms with van der Waals surface area (Å²) in [4.78, 5) is 18.1. The maximum absolute atomic E-state index is 12.3. The van der Waals surface area contributed by atoms with Gasteiger partial charge in [0.2, 0.25) is 0 Å². The van der Waals surface area contributed by atoms with Crippen molar-refractivity contribution in [2.75, 3.05) is 6.54 Å². The van der Waals surface area contributed by atoms with E-state index in [9.17, 15) is 4.79 Å². The van der Waals surface area contributed by atoms with Gasteiger partial charge in [0.15, 0.2) is 0 Å². The van der Waals surface area contributed by atoms with Gasteiger partial charge in [0, 0.05) is 18.9 Å². The number of carbonyl (C=O) groups excluding carboxylic acids is 1. The summed E-state index contributed by atoms with van der Waals surface area (Å²) in [5.41, 5.74) is 2.13. The highest BCUT2D eigenvalue weighted by molar-refractivity contribution is 5.68. The maximum Gasteiger partial charge on any atom is 0.410 e. The van der Waals surface area contributed by atoms with Gasteiger partial charge < -0.3 is 9.64 Å². The number of ether oxygens (including phenoxy) is 1. The molecule has 108 valence electrons. The van der Waals surface area contributed by atoms with Crippen LogP contribution in [0.25, 0.3) is 0 Å². The van der Waals surface area contributed by atoms with Gasteiger partial charge in [-0.2, -0.15) is 0 Å². The number of pyridine rings is 1. The van der Waals surface area contributed by atoms with Crippen LogP contribution in [0.4, 0.5) is 4.79 Å². The monoisotopic (exact) mass is 282 g/mol. The van der Waals surface area contributed by atoms with Gasteiger partial charge in [0.25, 0.3) is 0 Å². The van der Waals surface area contributed by atoms with E-state index in [-0.39, 0.29) is 12.1 Å². The predicted octanol–water partition coefficient (Wildman–Crippen LogP) is 3.56. The molecule has 4 heteroatoms. The Labute approximate surface area is 124 Å². The molecule has 1 aliphatic heterocycles. The quantitative estimate of drug-likeness (QED) is 0.864. The first-order valence-electron chi connectivity index (χ1n) is 7.22. The van der Waals surface area contributed by atoms with Crippen molar-refractivity contribution in [3.8, 4) is 0 Å². The predicted molar refractivity (Wildman–Crippen MR) is 79.5 cm³/mol. The minimum absolute atomic E-state index is 0.108. The number of hydrogen-bond acceptors (Lipinski definition) is 3. The third-order valence-corrected chi connectivity index (χ3v) is 3.78. The zero-order chi connectivity index (χ0) is 14.5. The molecule has 1 aliphatic rings. The van der Waals surface area contributed by atoms with Crippen molar-refractivity contribution in [2.45, 2.75) is 25.5 Å². The van der Waals surface area contributed by atoms with E-state index in [2.05, 4.69) is 4.98 Å². The van der Waals surface area contributed by atoms with Gasteiger partial charge in [0.1, 0.15) is 6.61 Å². The largest absolute Gasteiger partial charge is 0.445 e. The molecule has 1 aromatic carbocycles. The first-order chi connectivity index (χ1) is 10.3. The lowest BCUT2D eigenvalue weighted by molar-refractivity contribution is 0.0920. The number of rotatable bonds is 3. The molecule has 1 atom stereocenters. The second-order valence-corrected chi connectivity index (χ2v) is 5.17. The molecular weight excluding hydrogens is 264 g/mol. The van der Waals surface area contributed by atoms with Crippen LogP contribution in [0, 0.1) is 0 Å². The average molecular weight is 282 g/mol. The fraction of sp³-hybridized carbons (Fsp3) is 0.294. The van der Waals surface area contributed by atoms with E-state index < -0.39 is 0 Å². The van der Waals surface area contributed by atoms with Crippen LogP contribution in [0.3, 0.4) is 0 Å². The highest BCUT2D eigenvalue weighted by atomic mass is 16.6. The van der Waals surface area contributed by atoms with Crippen LogP contribution in [0.2, 0.25) is 0 Å². The Hall–Kier alpha value is -2.36. The number of amides is 1. The Morgan fingerprint density at radius 3 is 2.71 bits per heavy atom. The Morgan fingerprint density at radius 2 is 1.95 bits per heavy atom. The SMILES string of the molecule is O=C(OCc1ccccc1)N1CCC[C@@H]1c1ccncc1. The van der Waals surface area contributed by atoms with Crippen molar-refractivity contribution in [1.82, 2.24) is 9.88 Å². The molecular formula is C17H18N2O2. The summed E-state index contributed by atoms with van der Waals surface area (Å²) in [6.07, 6.45) is 5.28. The summed E-state index contributed by atoms with van der Waals surface area (Å²) >= 11 is 0. The summed E-state index contributed by atoms with van der Waals surface area (Å²) < 4.78 is 5.44. The number of nitrogens with zero attached hydrogens (tertiary/aromatic N) is 2. The Kier molecular flexibility index (Phi) is 4.15. The van der Waals surface area contributed by atoms with Crippen molar-refractivity contribution in [2.24, 2.45) is 0 Å². The van der Waals surface area contributed by atoms with Gasteiger partial charge in [-0.1, -0.05) is 30.3 Å². The van der Waals surface area contributed by atoms with Gasteiger partial charge in [-0.25, -0.2) is 4.79 Å². The van der Waals surface area contributed by atoms with Gasteiger partial charge in [-0.05, 0) is 36.1 Å². The van der Waals surface area contributed by atoms with Gasteiger partial charge in [0.05, 0.1) is 6.04 Å². The molecule has 0 bridgehead atoms. The summed E-state index contributed by atoms with van der Waals surface area (Å²) in [6.45, 7) is 1.07. The van der Waals surface area contributed by atoms with Crippen LogP contribution in [0.1, 0.15) is 30.0 Å². The molecule has 3 rings (SSSR count). The number of aromatic nitrogens is 1. The minimum atomic E-state index is -0.238. The van der Waals surface area contributed by atoms with E-state index in [1.807, 2.05) is 47.4 Å². The van der Waals surface area contributed by atoms with E-state index in [1.165, 1.54) is 0 Å². The summed E-state index contributed by atoms with van der Waals surface area (Å²) in [5, 5.41) is 0. The smallest absolute Gasteiger partial charge is 0.410 e. The second-order valence-electron chi connectivity index (χ2n) is 5.17. The molecule has 1 aromatic heterocycles. The number of likely N-dealkylation sites (tertiary alicyclic amines) is 1. The topological polar surface area (TPSA) is 42.4 Å². The average Bonchev–Trinajstić information content (AvgIpc) is 3.04. The van der Waals surface area contributed by atoms with Crippen LogP contribution in [0.15, 0.2) is 54.9 Å².